The van der Waals surface area contributed by atoms with Crippen LogP contribution < -0.4 is 30.2 Å². The molecule has 14 nitrogen and oxygen atoms in total. The molecule has 0 aliphatic heterocycles. The minimum atomic E-state index is -2.67. The van der Waals surface area contributed by atoms with Crippen molar-refractivity contribution in [3.05, 3.63) is 24.0 Å². The van der Waals surface area contributed by atoms with Crippen LogP contribution in [0.4, 0.5) is 4.79 Å². The van der Waals surface area contributed by atoms with Crippen LogP contribution >= 0.6 is 0 Å². The zero-order chi connectivity index (χ0) is 39.3. The van der Waals surface area contributed by atoms with Gasteiger partial charge in [0.2, 0.25) is 5.91 Å². The number of rotatable bonds is 31. The zero-order valence-corrected chi connectivity index (χ0v) is 35.2. The molecular weight excluding hydrogens is 787 g/mol. The van der Waals surface area contributed by atoms with E-state index in [2.05, 4.69) is 64.6 Å². The number of nitrogens with zero attached hydrogens (tertiary/aromatic N) is 1. The van der Waals surface area contributed by atoms with Crippen molar-refractivity contribution in [1.29, 1.82) is 0 Å². The summed E-state index contributed by atoms with van der Waals surface area (Å²) in [6.45, 7) is 8.58. The van der Waals surface area contributed by atoms with Crippen LogP contribution in [0.2, 0.25) is 13.3 Å². The number of aromatic nitrogens is 1. The maximum absolute atomic E-state index is 13.0. The standard InChI is InChI=1S/C26H39N6O8.3C4H9.Sn/c33-21(28-14-3-1-5-16-30-24(37)19-8-7-13-27-18-19)10-11-22(34)29-15-4-2-6-17-31-26(40)32-20(25(38)39)9-12-23(35)36;3*1-3-4-2;/h8,13,18,20H,1-6,9-12,14-17H2,(H,28,33)(H,29,34)(H,30,37)(H,35,36)(H,38,39)(H2,31,32,40);3*1,3-4H2,2H3;/t20-;;;;/m1..../s1. The summed E-state index contributed by atoms with van der Waals surface area (Å²) < 4.78 is 5.38. The summed E-state index contributed by atoms with van der Waals surface area (Å²) in [5.74, 6) is -2.92. The first kappa shape index (κ1) is 47.6. The van der Waals surface area contributed by atoms with Crippen LogP contribution in [0.1, 0.15) is 134 Å². The Morgan fingerprint density at radius 3 is 1.60 bits per heavy atom. The minimum absolute atomic E-state index is 0.0748. The van der Waals surface area contributed by atoms with Crippen LogP contribution in [-0.4, -0.2) is 101 Å². The molecule has 300 valence electrons. The van der Waals surface area contributed by atoms with Crippen molar-refractivity contribution in [2.45, 2.75) is 143 Å². The number of carboxylic acids is 2. The average molecular weight is 854 g/mol. The number of urea groups is 1. The zero-order valence-electron chi connectivity index (χ0n) is 32.4. The molecule has 0 radical (unpaired) electrons. The molecular formula is C38H66N6O8Sn. The molecule has 0 fully saturated rings. The van der Waals surface area contributed by atoms with Crippen LogP contribution in [-0.2, 0) is 19.2 Å². The summed E-state index contributed by atoms with van der Waals surface area (Å²) in [5.41, 5.74) is 0.658. The molecule has 1 rings (SSSR count). The summed E-state index contributed by atoms with van der Waals surface area (Å²) in [6.07, 6.45) is 15.1. The van der Waals surface area contributed by atoms with Gasteiger partial charge in [-0.2, -0.15) is 0 Å². The Balaban J connectivity index is 2.23. The van der Waals surface area contributed by atoms with Crippen molar-refractivity contribution < 1.29 is 39.0 Å². The number of carbonyl (C=O) groups is 6. The molecule has 0 aliphatic rings. The second kappa shape index (κ2) is 29.0. The Hall–Kier alpha value is -3.43. The van der Waals surface area contributed by atoms with Crippen molar-refractivity contribution in [2.75, 3.05) is 26.2 Å². The van der Waals surface area contributed by atoms with E-state index in [4.69, 9.17) is 10.2 Å². The Kier molecular flexibility index (Phi) is 26.0. The molecule has 1 atom stereocenters. The van der Waals surface area contributed by atoms with Crippen molar-refractivity contribution in [1.82, 2.24) is 31.6 Å². The molecule has 1 aromatic heterocycles. The summed E-state index contributed by atoms with van der Waals surface area (Å²) in [5, 5.41) is 31.2. The number of pyridine rings is 1. The van der Waals surface area contributed by atoms with Gasteiger partial charge in [0.25, 0.3) is 0 Å². The molecule has 0 aromatic carbocycles. The van der Waals surface area contributed by atoms with Gasteiger partial charge in [-0.3, -0.25) is 14.4 Å². The molecule has 0 unspecified atom stereocenters. The van der Waals surface area contributed by atoms with E-state index >= 15 is 0 Å². The first-order valence-electron chi connectivity index (χ1n) is 19.7. The summed E-state index contributed by atoms with van der Waals surface area (Å²) >= 11 is -2.67. The van der Waals surface area contributed by atoms with Gasteiger partial charge in [-0.05, 0) is 25.7 Å². The summed E-state index contributed by atoms with van der Waals surface area (Å²) in [6, 6.07) is 0.186. The normalized spacial score (nSPS) is 11.7. The monoisotopic (exact) mass is 854 g/mol. The molecule has 1 heterocycles. The van der Waals surface area contributed by atoms with E-state index in [9.17, 15) is 28.8 Å². The van der Waals surface area contributed by atoms with Gasteiger partial charge in [-0.25, -0.2) is 9.59 Å². The molecule has 53 heavy (non-hydrogen) atoms. The van der Waals surface area contributed by atoms with Gasteiger partial charge < -0.3 is 26.2 Å². The van der Waals surface area contributed by atoms with Gasteiger partial charge in [-0.15, -0.1) is 0 Å². The van der Waals surface area contributed by atoms with Crippen molar-refractivity contribution >= 4 is 57.6 Å². The number of hydrogen-bond acceptors (Lipinski definition) is 7. The number of unbranched alkanes of at least 4 members (excludes halogenated alkanes) is 7. The van der Waals surface area contributed by atoms with Crippen LogP contribution in [0.5, 0.6) is 0 Å². The molecule has 0 spiro atoms. The van der Waals surface area contributed by atoms with Crippen LogP contribution in [0.3, 0.4) is 0 Å². The van der Waals surface area contributed by atoms with Gasteiger partial charge >= 0.3 is 201 Å². The molecule has 7 N–H and O–H groups in total. The second-order valence-corrected chi connectivity index (χ2v) is 27.1. The Labute approximate surface area is 320 Å². The first-order chi connectivity index (χ1) is 25.5. The SMILES string of the molecule is CCC[CH2][Sn]([CH2]CCC)([CH2]CCC)[c]1cncc(C(=O)NCCCCCNC(=O)CCC(=O)NCCCCCNC(=O)N[C@H](CCC(=O)O)C(=O)O)c1. The third kappa shape index (κ3) is 21.8. The number of carbonyl (C=O) groups excluding carboxylic acids is 4. The summed E-state index contributed by atoms with van der Waals surface area (Å²) in [7, 11) is 0. The molecule has 5 amide bonds. The van der Waals surface area contributed by atoms with Gasteiger partial charge in [-0.1, -0.05) is 0 Å². The van der Waals surface area contributed by atoms with E-state index in [0.29, 0.717) is 51.0 Å². The fourth-order valence-electron chi connectivity index (χ4n) is 6.16. The van der Waals surface area contributed by atoms with Gasteiger partial charge in [0.05, 0.1) is 0 Å². The Morgan fingerprint density at radius 1 is 0.642 bits per heavy atom. The third-order valence-corrected chi connectivity index (χ3v) is 24.9. The maximum atomic E-state index is 13.0. The molecule has 0 bridgehead atoms. The predicted molar refractivity (Wildman–Crippen MR) is 209 cm³/mol. The van der Waals surface area contributed by atoms with E-state index in [0.717, 1.165) is 19.3 Å². The van der Waals surface area contributed by atoms with Gasteiger partial charge in [0, 0.05) is 32.4 Å². The molecule has 1 aromatic rings. The number of amides is 5. The van der Waals surface area contributed by atoms with Gasteiger partial charge in [0.1, 0.15) is 6.04 Å². The quantitative estimate of drug-likeness (QED) is 0.0402. The van der Waals surface area contributed by atoms with E-state index in [-0.39, 0.29) is 43.4 Å². The van der Waals surface area contributed by atoms with E-state index in [1.54, 1.807) is 6.20 Å². The van der Waals surface area contributed by atoms with E-state index in [1.807, 2.05) is 0 Å². The van der Waals surface area contributed by atoms with Crippen molar-refractivity contribution in [2.24, 2.45) is 0 Å². The van der Waals surface area contributed by atoms with Gasteiger partial charge in [0.15, 0.2) is 0 Å². The Morgan fingerprint density at radius 2 is 1.13 bits per heavy atom. The predicted octanol–water partition coefficient (Wildman–Crippen LogP) is 4.84. The van der Waals surface area contributed by atoms with Crippen LogP contribution in [0.25, 0.3) is 0 Å². The second-order valence-electron chi connectivity index (χ2n) is 13.9. The number of nitrogens with one attached hydrogen (secondary N) is 5. The molecule has 15 heteroatoms. The molecule has 0 saturated heterocycles. The van der Waals surface area contributed by atoms with Crippen LogP contribution in [0.15, 0.2) is 18.5 Å². The average Bonchev–Trinajstić information content (AvgIpc) is 3.14. The Bertz CT molecular complexity index is 1250. The topological polar surface area (TPSA) is 216 Å². The van der Waals surface area contributed by atoms with Crippen LogP contribution in [0, 0.1) is 0 Å². The number of hydrogen-bond donors (Lipinski definition) is 7. The van der Waals surface area contributed by atoms with E-state index < -0.39 is 42.4 Å². The summed E-state index contributed by atoms with van der Waals surface area (Å²) in [4.78, 5) is 75.5. The first-order valence-corrected chi connectivity index (χ1v) is 27.2. The molecule has 0 saturated carbocycles. The fourth-order valence-corrected chi connectivity index (χ4v) is 21.9. The number of carboxylic acid groups (broad SMARTS) is 2. The third-order valence-electron chi connectivity index (χ3n) is 9.39. The molecule has 0 aliphatic carbocycles. The fraction of sp³-hybridized carbons (Fsp3) is 0.711. The number of aliphatic carboxylic acids is 2. The van der Waals surface area contributed by atoms with Crippen molar-refractivity contribution in [3.8, 4) is 0 Å². The van der Waals surface area contributed by atoms with Crippen molar-refractivity contribution in [3.63, 3.8) is 0 Å². The van der Waals surface area contributed by atoms with E-state index in [1.165, 1.54) is 55.4 Å².